The molecule has 0 fully saturated rings. The van der Waals surface area contributed by atoms with E-state index in [1.165, 1.54) is 24.2 Å². The Kier molecular flexibility index (Phi) is 5.77. The van der Waals surface area contributed by atoms with E-state index in [1.807, 2.05) is 0 Å². The van der Waals surface area contributed by atoms with E-state index in [1.54, 1.807) is 0 Å². The zero-order chi connectivity index (χ0) is 16.0. The minimum atomic E-state index is -4.58. The van der Waals surface area contributed by atoms with Crippen molar-refractivity contribution in [3.8, 4) is 0 Å². The van der Waals surface area contributed by atoms with Gasteiger partial charge in [0.1, 0.15) is 0 Å². The monoisotopic (exact) mass is 306 g/mol. The lowest BCUT2D eigenvalue weighted by molar-refractivity contribution is -0.142. The summed E-state index contributed by atoms with van der Waals surface area (Å²) in [6.07, 6.45) is -1.92. The maximum atomic E-state index is 12.7. The lowest BCUT2D eigenvalue weighted by Crippen LogP contribution is -2.41. The molecule has 0 aliphatic rings. The fourth-order valence-corrected chi connectivity index (χ4v) is 1.74. The second kappa shape index (κ2) is 7.11. The molecule has 0 radical (unpaired) electrons. The van der Waals surface area contributed by atoms with E-state index < -0.39 is 17.9 Å². The average molecular weight is 306 g/mol. The lowest BCUT2D eigenvalue weighted by atomic mass is 10.2. The van der Waals surface area contributed by atoms with E-state index in [4.69, 9.17) is 5.11 Å². The van der Waals surface area contributed by atoms with Crippen LogP contribution in [0.4, 0.5) is 18.0 Å². The Morgan fingerprint density at radius 3 is 2.81 bits per heavy atom. The molecule has 0 spiro atoms. The first-order valence-electron chi connectivity index (χ1n) is 6.13. The molecule has 0 atom stereocenters. The van der Waals surface area contributed by atoms with Gasteiger partial charge in [-0.05, 0) is 0 Å². The smallest absolute Gasteiger partial charge is 0.395 e. The predicted octanol–water partition coefficient (Wildman–Crippen LogP) is 1.13. The molecule has 1 aromatic heterocycles. The largest absolute Gasteiger partial charge is 0.435 e. The van der Waals surface area contributed by atoms with E-state index in [0.717, 1.165) is 4.68 Å². The summed E-state index contributed by atoms with van der Waals surface area (Å²) in [7, 11) is 1.37. The van der Waals surface area contributed by atoms with E-state index >= 15 is 0 Å². The number of urea groups is 1. The Bertz CT molecular complexity index is 499. The van der Waals surface area contributed by atoms with Crippen molar-refractivity contribution in [2.45, 2.75) is 12.7 Å². The van der Waals surface area contributed by atoms with Gasteiger partial charge in [-0.25, -0.2) is 4.79 Å². The summed E-state index contributed by atoms with van der Waals surface area (Å²) in [5.41, 5.74) is -1.15. The van der Waals surface area contributed by atoms with Gasteiger partial charge in [0.2, 0.25) is 0 Å². The van der Waals surface area contributed by atoms with Crippen molar-refractivity contribution in [3.63, 3.8) is 0 Å². The van der Waals surface area contributed by atoms with Crippen molar-refractivity contribution < 1.29 is 23.1 Å². The molecule has 0 bridgehead atoms. The Hall–Kier alpha value is -2.03. The Morgan fingerprint density at radius 1 is 1.62 bits per heavy atom. The zero-order valence-corrected chi connectivity index (χ0v) is 11.5. The number of hydrogen-bond donors (Lipinski definition) is 2. The first-order chi connectivity index (χ1) is 9.79. The van der Waals surface area contributed by atoms with Crippen molar-refractivity contribution in [3.05, 3.63) is 30.1 Å². The maximum absolute atomic E-state index is 12.7. The molecule has 0 aliphatic heterocycles. The summed E-state index contributed by atoms with van der Waals surface area (Å²) in [6, 6.07) is -0.582. The van der Waals surface area contributed by atoms with E-state index in [9.17, 15) is 18.0 Å². The highest BCUT2D eigenvalue weighted by Crippen LogP contribution is 2.30. The number of aliphatic hydroxyl groups excluding tert-OH is 1. The highest BCUT2D eigenvalue weighted by atomic mass is 19.4. The van der Waals surface area contributed by atoms with Crippen LogP contribution in [0, 0.1) is 0 Å². The standard InChI is InChI=1S/C12H17F3N4O2/c1-3-4-19(5-6-20)11(21)16-7-9-8-18(2)17-10(9)12(13,14)15/h3,8,20H,1,4-7H2,2H3,(H,16,21). The Labute approximate surface area is 119 Å². The van der Waals surface area contributed by atoms with Crippen LogP contribution in [0.1, 0.15) is 11.3 Å². The molecule has 9 heteroatoms. The highest BCUT2D eigenvalue weighted by Gasteiger charge is 2.36. The minimum absolute atomic E-state index is 0.0665. The van der Waals surface area contributed by atoms with Gasteiger partial charge in [-0.15, -0.1) is 6.58 Å². The SMILES string of the molecule is C=CCN(CCO)C(=O)NCc1cn(C)nc1C(F)(F)F. The maximum Gasteiger partial charge on any atom is 0.435 e. The number of carbonyl (C=O) groups is 1. The van der Waals surface area contributed by atoms with Gasteiger partial charge in [0, 0.05) is 38.4 Å². The normalized spacial score (nSPS) is 11.3. The zero-order valence-electron chi connectivity index (χ0n) is 11.5. The molecule has 118 valence electrons. The molecular weight excluding hydrogens is 289 g/mol. The molecule has 1 aromatic rings. The minimum Gasteiger partial charge on any atom is -0.395 e. The lowest BCUT2D eigenvalue weighted by Gasteiger charge is -2.20. The molecular formula is C12H17F3N4O2. The molecule has 21 heavy (non-hydrogen) atoms. The van der Waals surface area contributed by atoms with Gasteiger partial charge >= 0.3 is 12.2 Å². The summed E-state index contributed by atoms with van der Waals surface area (Å²) < 4.78 is 39.3. The van der Waals surface area contributed by atoms with Gasteiger partial charge in [0.15, 0.2) is 5.69 Å². The predicted molar refractivity (Wildman–Crippen MR) is 69.3 cm³/mol. The van der Waals surface area contributed by atoms with E-state index in [0.29, 0.717) is 0 Å². The van der Waals surface area contributed by atoms with Crippen LogP contribution in [0.25, 0.3) is 0 Å². The van der Waals surface area contributed by atoms with Crippen LogP contribution in [0.3, 0.4) is 0 Å². The molecule has 0 aromatic carbocycles. The average Bonchev–Trinajstić information content (AvgIpc) is 2.77. The quantitative estimate of drug-likeness (QED) is 0.774. The first-order valence-corrected chi connectivity index (χ1v) is 6.13. The van der Waals surface area contributed by atoms with Crippen LogP contribution in [-0.2, 0) is 19.8 Å². The second-order valence-electron chi connectivity index (χ2n) is 4.29. The molecule has 0 aliphatic carbocycles. The fourth-order valence-electron chi connectivity index (χ4n) is 1.74. The highest BCUT2D eigenvalue weighted by molar-refractivity contribution is 5.74. The van der Waals surface area contributed by atoms with Crippen LogP contribution >= 0.6 is 0 Å². The van der Waals surface area contributed by atoms with E-state index in [-0.39, 0.29) is 31.8 Å². The number of aromatic nitrogens is 2. The summed E-state index contributed by atoms with van der Waals surface area (Å²) in [5.74, 6) is 0. The van der Waals surface area contributed by atoms with Gasteiger partial charge in [-0.2, -0.15) is 18.3 Å². The molecule has 0 saturated carbocycles. The number of nitrogens with zero attached hydrogens (tertiary/aromatic N) is 3. The molecule has 6 nitrogen and oxygen atoms in total. The fraction of sp³-hybridized carbons (Fsp3) is 0.500. The molecule has 2 N–H and O–H groups in total. The van der Waals surface area contributed by atoms with Crippen molar-refractivity contribution in [1.82, 2.24) is 20.0 Å². The van der Waals surface area contributed by atoms with Gasteiger partial charge in [0.05, 0.1) is 6.61 Å². The van der Waals surface area contributed by atoms with Crippen molar-refractivity contribution in [2.24, 2.45) is 7.05 Å². The van der Waals surface area contributed by atoms with Crippen LogP contribution in [0.15, 0.2) is 18.9 Å². The third-order valence-corrected chi connectivity index (χ3v) is 2.61. The number of rotatable bonds is 6. The topological polar surface area (TPSA) is 70.4 Å². The first kappa shape index (κ1) is 17.0. The van der Waals surface area contributed by atoms with Crippen molar-refractivity contribution in [1.29, 1.82) is 0 Å². The van der Waals surface area contributed by atoms with Gasteiger partial charge < -0.3 is 15.3 Å². The van der Waals surface area contributed by atoms with Crippen LogP contribution in [0.2, 0.25) is 0 Å². The third kappa shape index (κ3) is 4.78. The Balaban J connectivity index is 2.74. The Morgan fingerprint density at radius 2 is 2.29 bits per heavy atom. The number of halogens is 3. The van der Waals surface area contributed by atoms with Crippen molar-refractivity contribution in [2.75, 3.05) is 19.7 Å². The van der Waals surface area contributed by atoms with Crippen LogP contribution in [-0.4, -0.2) is 45.5 Å². The number of hydrogen-bond acceptors (Lipinski definition) is 3. The second-order valence-corrected chi connectivity index (χ2v) is 4.29. The third-order valence-electron chi connectivity index (χ3n) is 2.61. The number of carbonyl (C=O) groups excluding carboxylic acids is 1. The van der Waals surface area contributed by atoms with E-state index in [2.05, 4.69) is 17.0 Å². The molecule has 1 rings (SSSR count). The molecule has 2 amide bonds. The van der Waals surface area contributed by atoms with Crippen LogP contribution < -0.4 is 5.32 Å². The number of aryl methyl sites for hydroxylation is 1. The summed E-state index contributed by atoms with van der Waals surface area (Å²) in [5, 5.41) is 14.6. The van der Waals surface area contributed by atoms with Gasteiger partial charge in [0.25, 0.3) is 0 Å². The molecule has 0 saturated heterocycles. The van der Waals surface area contributed by atoms with Gasteiger partial charge in [-0.3, -0.25) is 4.68 Å². The summed E-state index contributed by atoms with van der Waals surface area (Å²) in [6.45, 7) is 3.17. The number of amides is 2. The van der Waals surface area contributed by atoms with Crippen LogP contribution in [0.5, 0.6) is 0 Å². The summed E-state index contributed by atoms with van der Waals surface area (Å²) >= 11 is 0. The summed E-state index contributed by atoms with van der Waals surface area (Å²) in [4.78, 5) is 13.0. The van der Waals surface area contributed by atoms with Gasteiger partial charge in [-0.1, -0.05) is 6.08 Å². The molecule has 0 unspecified atom stereocenters. The molecule has 1 heterocycles. The number of aliphatic hydroxyl groups is 1. The van der Waals surface area contributed by atoms with Crippen molar-refractivity contribution >= 4 is 6.03 Å². The number of alkyl halides is 3. The number of nitrogens with one attached hydrogen (secondary N) is 1.